The van der Waals surface area contributed by atoms with Crippen LogP contribution in [0.25, 0.3) is 0 Å². The molecule has 20 heavy (non-hydrogen) atoms. The first-order valence-electron chi connectivity index (χ1n) is 8.21. The first kappa shape index (κ1) is 14.8. The molecule has 1 N–H and O–H groups in total. The highest BCUT2D eigenvalue weighted by Gasteiger charge is 2.62. The number of fused-ring (bicyclic) bond motifs is 1. The normalized spacial score (nSPS) is 50.5. The van der Waals surface area contributed by atoms with Gasteiger partial charge in [-0.2, -0.15) is 0 Å². The van der Waals surface area contributed by atoms with E-state index in [9.17, 15) is 5.11 Å². The molecule has 0 radical (unpaired) electrons. The van der Waals surface area contributed by atoms with Crippen LogP contribution in [-0.4, -0.2) is 35.1 Å². The summed E-state index contributed by atoms with van der Waals surface area (Å²) in [4.78, 5) is 0. The van der Waals surface area contributed by atoms with Gasteiger partial charge in [0, 0.05) is 6.61 Å². The van der Waals surface area contributed by atoms with Crippen LogP contribution in [0.15, 0.2) is 0 Å². The summed E-state index contributed by atoms with van der Waals surface area (Å²) in [7, 11) is 0. The smallest absolute Gasteiger partial charge is 0.113 e. The van der Waals surface area contributed by atoms with E-state index in [1.165, 1.54) is 0 Å². The number of epoxide rings is 1. The Bertz CT molecular complexity index is 364. The van der Waals surface area contributed by atoms with Gasteiger partial charge in [0.05, 0.1) is 17.3 Å². The minimum atomic E-state index is -0.443. The molecule has 0 aromatic rings. The van der Waals surface area contributed by atoms with Crippen molar-refractivity contribution in [1.29, 1.82) is 0 Å². The largest absolute Gasteiger partial charge is 0.390 e. The SMILES string of the molecule is CC1(C)CC(OCC2CCC(C)(O)CC2)C2OC2(C)C1. The molecule has 3 fully saturated rings. The summed E-state index contributed by atoms with van der Waals surface area (Å²) in [5.74, 6) is 0.616. The van der Waals surface area contributed by atoms with E-state index in [0.29, 0.717) is 17.4 Å². The van der Waals surface area contributed by atoms with E-state index < -0.39 is 5.60 Å². The molecule has 1 heterocycles. The number of hydrogen-bond acceptors (Lipinski definition) is 3. The van der Waals surface area contributed by atoms with Crippen LogP contribution < -0.4 is 0 Å². The number of ether oxygens (including phenoxy) is 2. The molecule has 3 unspecified atom stereocenters. The molecular weight excluding hydrogens is 252 g/mol. The highest BCUT2D eigenvalue weighted by Crippen LogP contribution is 2.55. The Morgan fingerprint density at radius 3 is 2.45 bits per heavy atom. The van der Waals surface area contributed by atoms with Crippen molar-refractivity contribution in [2.45, 2.75) is 89.6 Å². The van der Waals surface area contributed by atoms with E-state index in [1.54, 1.807) is 0 Å². The first-order valence-corrected chi connectivity index (χ1v) is 8.21. The molecule has 3 heteroatoms. The van der Waals surface area contributed by atoms with Crippen molar-refractivity contribution in [1.82, 2.24) is 0 Å². The molecule has 3 atom stereocenters. The number of hydrogen-bond donors (Lipinski definition) is 1. The summed E-state index contributed by atoms with van der Waals surface area (Å²) < 4.78 is 12.2. The predicted molar refractivity (Wildman–Crippen MR) is 78.6 cm³/mol. The van der Waals surface area contributed by atoms with Crippen molar-refractivity contribution >= 4 is 0 Å². The maximum absolute atomic E-state index is 10.00. The molecule has 3 nitrogen and oxygen atoms in total. The molecule has 3 rings (SSSR count). The molecular formula is C17H30O3. The summed E-state index contributed by atoms with van der Waals surface area (Å²) in [6.45, 7) is 9.67. The maximum atomic E-state index is 10.00. The van der Waals surface area contributed by atoms with Crippen LogP contribution >= 0.6 is 0 Å². The second-order valence-electron chi connectivity index (χ2n) is 8.71. The Hall–Kier alpha value is -0.120. The summed E-state index contributed by atoms with van der Waals surface area (Å²) >= 11 is 0. The van der Waals surface area contributed by atoms with Crippen LogP contribution in [0.3, 0.4) is 0 Å². The lowest BCUT2D eigenvalue weighted by atomic mass is 9.71. The molecule has 3 aliphatic rings. The van der Waals surface area contributed by atoms with E-state index >= 15 is 0 Å². The third kappa shape index (κ3) is 3.05. The van der Waals surface area contributed by atoms with Crippen LogP contribution in [0.1, 0.15) is 66.2 Å². The third-order valence-corrected chi connectivity index (χ3v) is 5.59. The van der Waals surface area contributed by atoms with Crippen molar-refractivity contribution in [2.75, 3.05) is 6.61 Å². The van der Waals surface area contributed by atoms with Gasteiger partial charge in [0.15, 0.2) is 0 Å². The van der Waals surface area contributed by atoms with Crippen molar-refractivity contribution in [3.05, 3.63) is 0 Å². The van der Waals surface area contributed by atoms with Crippen LogP contribution in [-0.2, 0) is 9.47 Å². The quantitative estimate of drug-likeness (QED) is 0.808. The van der Waals surface area contributed by atoms with Gasteiger partial charge in [0.2, 0.25) is 0 Å². The standard InChI is InChI=1S/C17H30O3/c1-15(2)9-13(14-17(4,11-15)20-14)19-10-12-5-7-16(3,18)8-6-12/h12-14,18H,5-11H2,1-4H3. The van der Waals surface area contributed by atoms with Gasteiger partial charge in [0.25, 0.3) is 0 Å². The molecule has 0 bridgehead atoms. The van der Waals surface area contributed by atoms with Crippen LogP contribution in [0.2, 0.25) is 0 Å². The van der Waals surface area contributed by atoms with Gasteiger partial charge in [-0.05, 0) is 63.7 Å². The minimum absolute atomic E-state index is 0.0721. The minimum Gasteiger partial charge on any atom is -0.390 e. The Labute approximate surface area is 123 Å². The van der Waals surface area contributed by atoms with Gasteiger partial charge in [0.1, 0.15) is 6.10 Å². The summed E-state index contributed by atoms with van der Waals surface area (Å²) in [5.41, 5.74) is -0.0488. The van der Waals surface area contributed by atoms with Crippen LogP contribution in [0.4, 0.5) is 0 Å². The highest BCUT2D eigenvalue weighted by molar-refractivity contribution is 5.11. The number of aliphatic hydroxyl groups is 1. The topological polar surface area (TPSA) is 42.0 Å². The van der Waals surface area contributed by atoms with Gasteiger partial charge >= 0.3 is 0 Å². The lowest BCUT2D eigenvalue weighted by Gasteiger charge is -2.37. The fourth-order valence-corrected chi connectivity index (χ4v) is 4.41. The summed E-state index contributed by atoms with van der Waals surface area (Å²) in [6.07, 6.45) is 6.85. The zero-order valence-electron chi connectivity index (χ0n) is 13.4. The van der Waals surface area contributed by atoms with E-state index in [2.05, 4.69) is 20.8 Å². The second-order valence-corrected chi connectivity index (χ2v) is 8.71. The maximum Gasteiger partial charge on any atom is 0.113 e. The van der Waals surface area contributed by atoms with E-state index in [0.717, 1.165) is 45.1 Å². The zero-order valence-corrected chi connectivity index (χ0v) is 13.4. The molecule has 1 saturated heterocycles. The Morgan fingerprint density at radius 1 is 1.15 bits per heavy atom. The average Bonchev–Trinajstić information content (AvgIpc) is 2.97. The van der Waals surface area contributed by atoms with Gasteiger partial charge in [-0.1, -0.05) is 13.8 Å². The van der Waals surface area contributed by atoms with E-state index in [4.69, 9.17) is 9.47 Å². The summed E-state index contributed by atoms with van der Waals surface area (Å²) in [5, 5.41) is 10.00. The van der Waals surface area contributed by atoms with Crippen molar-refractivity contribution in [3.8, 4) is 0 Å². The molecule has 0 amide bonds. The molecule has 2 saturated carbocycles. The molecule has 2 aliphatic carbocycles. The highest BCUT2D eigenvalue weighted by atomic mass is 16.6. The van der Waals surface area contributed by atoms with Crippen molar-refractivity contribution in [2.24, 2.45) is 11.3 Å². The summed E-state index contributed by atoms with van der Waals surface area (Å²) in [6, 6.07) is 0. The fourth-order valence-electron chi connectivity index (χ4n) is 4.41. The van der Waals surface area contributed by atoms with Crippen LogP contribution in [0, 0.1) is 11.3 Å². The van der Waals surface area contributed by atoms with Crippen molar-refractivity contribution in [3.63, 3.8) is 0 Å². The zero-order chi connectivity index (χ0) is 14.6. The van der Waals surface area contributed by atoms with Gasteiger partial charge in [-0.15, -0.1) is 0 Å². The first-order chi connectivity index (χ1) is 9.19. The Morgan fingerprint density at radius 2 is 1.80 bits per heavy atom. The number of rotatable bonds is 3. The molecule has 0 aromatic heterocycles. The van der Waals surface area contributed by atoms with Gasteiger partial charge < -0.3 is 14.6 Å². The fraction of sp³-hybridized carbons (Fsp3) is 1.00. The van der Waals surface area contributed by atoms with E-state index in [1.807, 2.05) is 6.92 Å². The molecule has 1 aliphatic heterocycles. The third-order valence-electron chi connectivity index (χ3n) is 5.59. The van der Waals surface area contributed by atoms with Gasteiger partial charge in [-0.25, -0.2) is 0 Å². The molecule has 116 valence electrons. The Kier molecular flexibility index (Phi) is 3.47. The second kappa shape index (κ2) is 4.69. The molecule has 0 aromatic carbocycles. The molecule has 0 spiro atoms. The monoisotopic (exact) mass is 282 g/mol. The van der Waals surface area contributed by atoms with Gasteiger partial charge in [-0.3, -0.25) is 0 Å². The van der Waals surface area contributed by atoms with E-state index in [-0.39, 0.29) is 11.7 Å². The van der Waals surface area contributed by atoms with Crippen molar-refractivity contribution < 1.29 is 14.6 Å². The van der Waals surface area contributed by atoms with Crippen LogP contribution in [0.5, 0.6) is 0 Å². The Balaban J connectivity index is 1.49. The predicted octanol–water partition coefficient (Wildman–Crippen LogP) is 3.29. The average molecular weight is 282 g/mol. The lowest BCUT2D eigenvalue weighted by Crippen LogP contribution is -2.40. The lowest BCUT2D eigenvalue weighted by molar-refractivity contribution is -0.0465.